The minimum absolute atomic E-state index is 0.0870. The van der Waals surface area contributed by atoms with Crippen LogP contribution < -0.4 is 11.1 Å². The van der Waals surface area contributed by atoms with Crippen LogP contribution in [-0.2, 0) is 11.2 Å². The largest absolute Gasteiger partial charge is 0.330 e. The Morgan fingerprint density at radius 2 is 1.71 bits per heavy atom. The van der Waals surface area contributed by atoms with E-state index >= 15 is 0 Å². The van der Waals surface area contributed by atoms with Crippen molar-refractivity contribution < 1.29 is 13.6 Å². The van der Waals surface area contributed by atoms with Crippen molar-refractivity contribution in [2.24, 2.45) is 11.7 Å². The average Bonchev–Trinajstić information content (AvgIpc) is 2.44. The summed E-state index contributed by atoms with van der Waals surface area (Å²) in [7, 11) is 0. The fourth-order valence-electron chi connectivity index (χ4n) is 2.05. The molecule has 3 nitrogen and oxygen atoms in total. The van der Waals surface area contributed by atoms with E-state index in [2.05, 4.69) is 5.32 Å². The number of rotatable bonds is 5. The Labute approximate surface area is 121 Å². The second-order valence-electron chi connectivity index (χ2n) is 4.77. The highest BCUT2D eigenvalue weighted by molar-refractivity contribution is 5.92. The molecule has 0 saturated heterocycles. The second kappa shape index (κ2) is 6.95. The van der Waals surface area contributed by atoms with E-state index in [1.807, 2.05) is 30.3 Å². The number of hydrogen-bond acceptors (Lipinski definition) is 2. The number of hydrogen-bond donors (Lipinski definition) is 2. The molecular formula is C16H16F2N2O. The maximum Gasteiger partial charge on any atom is 0.229 e. The lowest BCUT2D eigenvalue weighted by atomic mass is 9.98. The van der Waals surface area contributed by atoms with Crippen molar-refractivity contribution in [3.63, 3.8) is 0 Å². The van der Waals surface area contributed by atoms with Gasteiger partial charge in [-0.1, -0.05) is 30.3 Å². The van der Waals surface area contributed by atoms with Crippen molar-refractivity contribution in [2.75, 3.05) is 11.9 Å². The molecule has 1 amide bonds. The molecule has 0 saturated carbocycles. The van der Waals surface area contributed by atoms with Gasteiger partial charge in [-0.05, 0) is 24.1 Å². The molecule has 0 aliphatic carbocycles. The van der Waals surface area contributed by atoms with Crippen LogP contribution in [0.3, 0.4) is 0 Å². The third-order valence-electron chi connectivity index (χ3n) is 3.11. The molecule has 0 aliphatic rings. The zero-order valence-electron chi connectivity index (χ0n) is 11.4. The zero-order chi connectivity index (χ0) is 15.2. The summed E-state index contributed by atoms with van der Waals surface area (Å²) in [5.41, 5.74) is 6.69. The second-order valence-corrected chi connectivity index (χ2v) is 4.77. The van der Waals surface area contributed by atoms with Gasteiger partial charge in [0, 0.05) is 18.3 Å². The molecule has 0 bridgehead atoms. The SMILES string of the molecule is NCC(Cc1ccccc1)C(=O)Nc1cc(F)cc(F)c1. The van der Waals surface area contributed by atoms with Crippen LogP contribution >= 0.6 is 0 Å². The van der Waals surface area contributed by atoms with Crippen LogP contribution in [0.5, 0.6) is 0 Å². The normalized spacial score (nSPS) is 12.0. The van der Waals surface area contributed by atoms with E-state index in [9.17, 15) is 13.6 Å². The monoisotopic (exact) mass is 290 g/mol. The third kappa shape index (κ3) is 4.36. The maximum atomic E-state index is 13.1. The van der Waals surface area contributed by atoms with E-state index < -0.39 is 17.6 Å². The summed E-state index contributed by atoms with van der Waals surface area (Å²) >= 11 is 0. The van der Waals surface area contributed by atoms with Crippen molar-refractivity contribution in [1.82, 2.24) is 0 Å². The molecule has 2 aromatic carbocycles. The van der Waals surface area contributed by atoms with Crippen molar-refractivity contribution in [2.45, 2.75) is 6.42 Å². The van der Waals surface area contributed by atoms with Gasteiger partial charge in [0.2, 0.25) is 5.91 Å². The summed E-state index contributed by atoms with van der Waals surface area (Å²) in [6.07, 6.45) is 0.473. The molecule has 0 aliphatic heterocycles. The van der Waals surface area contributed by atoms with Crippen LogP contribution in [0.4, 0.5) is 14.5 Å². The third-order valence-corrected chi connectivity index (χ3v) is 3.11. The van der Waals surface area contributed by atoms with Crippen LogP contribution in [0.2, 0.25) is 0 Å². The number of carbonyl (C=O) groups is 1. The van der Waals surface area contributed by atoms with Crippen LogP contribution in [0.15, 0.2) is 48.5 Å². The molecule has 0 fully saturated rings. The minimum Gasteiger partial charge on any atom is -0.330 e. The quantitative estimate of drug-likeness (QED) is 0.889. The minimum atomic E-state index is -0.738. The van der Waals surface area contributed by atoms with Gasteiger partial charge in [-0.2, -0.15) is 0 Å². The molecule has 1 atom stereocenters. The number of carbonyl (C=O) groups excluding carboxylic acids is 1. The predicted molar refractivity (Wildman–Crippen MR) is 77.7 cm³/mol. The molecule has 1 unspecified atom stereocenters. The fraction of sp³-hybridized carbons (Fsp3) is 0.188. The summed E-state index contributed by atoms with van der Waals surface area (Å²) in [5.74, 6) is -2.29. The summed E-state index contributed by atoms with van der Waals surface area (Å²) in [5, 5.41) is 2.50. The van der Waals surface area contributed by atoms with Gasteiger partial charge >= 0.3 is 0 Å². The lowest BCUT2D eigenvalue weighted by Crippen LogP contribution is -2.31. The molecule has 0 heterocycles. The molecule has 3 N–H and O–H groups in total. The first-order chi connectivity index (χ1) is 10.1. The van der Waals surface area contributed by atoms with Gasteiger partial charge in [-0.25, -0.2) is 8.78 Å². The summed E-state index contributed by atoms with van der Waals surface area (Å²) in [6, 6.07) is 12.3. The summed E-state index contributed by atoms with van der Waals surface area (Å²) in [4.78, 5) is 12.1. The first kappa shape index (κ1) is 15.1. The molecule has 2 rings (SSSR count). The lowest BCUT2D eigenvalue weighted by molar-refractivity contribution is -0.119. The van der Waals surface area contributed by atoms with Gasteiger partial charge in [0.1, 0.15) is 11.6 Å². The molecule has 0 radical (unpaired) electrons. The van der Waals surface area contributed by atoms with Gasteiger partial charge in [-0.15, -0.1) is 0 Å². The molecular weight excluding hydrogens is 274 g/mol. The van der Waals surface area contributed by atoms with E-state index in [0.29, 0.717) is 6.42 Å². The number of amides is 1. The number of nitrogens with one attached hydrogen (secondary N) is 1. The molecule has 5 heteroatoms. The molecule has 21 heavy (non-hydrogen) atoms. The molecule has 110 valence electrons. The Bertz CT molecular complexity index is 597. The average molecular weight is 290 g/mol. The smallest absolute Gasteiger partial charge is 0.229 e. The molecule has 2 aromatic rings. The van der Waals surface area contributed by atoms with Gasteiger partial charge in [0.15, 0.2) is 0 Å². The Hall–Kier alpha value is -2.27. The topological polar surface area (TPSA) is 55.1 Å². The Balaban J connectivity index is 2.06. The van der Waals surface area contributed by atoms with E-state index in [0.717, 1.165) is 23.8 Å². The zero-order valence-corrected chi connectivity index (χ0v) is 11.4. The predicted octanol–water partition coefficient (Wildman–Crippen LogP) is 2.72. The standard InChI is InChI=1S/C16H16F2N2O/c17-13-7-14(18)9-15(8-13)20-16(21)12(10-19)6-11-4-2-1-3-5-11/h1-5,7-9,12H,6,10,19H2,(H,20,21). The van der Waals surface area contributed by atoms with Crippen LogP contribution in [-0.4, -0.2) is 12.5 Å². The summed E-state index contributed by atoms with van der Waals surface area (Å²) in [6.45, 7) is 0.151. The number of nitrogens with two attached hydrogens (primary N) is 1. The van der Waals surface area contributed by atoms with Crippen LogP contribution in [0.25, 0.3) is 0 Å². The van der Waals surface area contributed by atoms with Gasteiger partial charge < -0.3 is 11.1 Å². The Morgan fingerprint density at radius 1 is 1.10 bits per heavy atom. The van der Waals surface area contributed by atoms with Crippen LogP contribution in [0, 0.1) is 17.6 Å². The van der Waals surface area contributed by atoms with E-state index in [4.69, 9.17) is 5.73 Å². The van der Waals surface area contributed by atoms with Gasteiger partial charge in [0.25, 0.3) is 0 Å². The lowest BCUT2D eigenvalue weighted by Gasteiger charge is -2.15. The highest BCUT2D eigenvalue weighted by atomic mass is 19.1. The van der Waals surface area contributed by atoms with E-state index in [1.165, 1.54) is 0 Å². The van der Waals surface area contributed by atoms with Crippen molar-refractivity contribution in [3.8, 4) is 0 Å². The van der Waals surface area contributed by atoms with Crippen LogP contribution in [0.1, 0.15) is 5.56 Å². The van der Waals surface area contributed by atoms with Crippen molar-refractivity contribution in [3.05, 3.63) is 65.7 Å². The van der Waals surface area contributed by atoms with E-state index in [1.54, 1.807) is 0 Å². The number of anilines is 1. The Kier molecular flexibility index (Phi) is 5.00. The summed E-state index contributed by atoms with van der Waals surface area (Å²) < 4.78 is 26.2. The fourth-order valence-corrected chi connectivity index (χ4v) is 2.05. The van der Waals surface area contributed by atoms with Crippen molar-refractivity contribution in [1.29, 1.82) is 0 Å². The van der Waals surface area contributed by atoms with Gasteiger partial charge in [0.05, 0.1) is 5.92 Å². The molecule has 0 aromatic heterocycles. The van der Waals surface area contributed by atoms with Crippen molar-refractivity contribution >= 4 is 11.6 Å². The highest BCUT2D eigenvalue weighted by Gasteiger charge is 2.18. The maximum absolute atomic E-state index is 13.1. The number of halogens is 2. The number of benzene rings is 2. The van der Waals surface area contributed by atoms with E-state index in [-0.39, 0.29) is 18.1 Å². The Morgan fingerprint density at radius 3 is 2.29 bits per heavy atom. The highest BCUT2D eigenvalue weighted by Crippen LogP contribution is 2.15. The van der Waals surface area contributed by atoms with Gasteiger partial charge in [-0.3, -0.25) is 4.79 Å². The first-order valence-electron chi connectivity index (χ1n) is 6.59. The molecule has 0 spiro atoms. The first-order valence-corrected chi connectivity index (χ1v) is 6.59.